The summed E-state index contributed by atoms with van der Waals surface area (Å²) in [5.74, 6) is -2.27. The maximum atomic E-state index is 14.2. The number of ether oxygens (including phenoxy) is 1. The number of unbranched alkanes of at least 4 members (excludes halogenated alkanes) is 2. The molecule has 1 aromatic rings. The molecule has 0 aliphatic carbocycles. The number of benzene rings is 1. The maximum Gasteiger partial charge on any atom is 0.337 e. The molecule has 0 bridgehead atoms. The molecule has 1 aliphatic heterocycles. The minimum absolute atomic E-state index is 0.0387. The minimum Gasteiger partial charge on any atom is -0.460 e. The highest BCUT2D eigenvalue weighted by Gasteiger charge is 2.47. The van der Waals surface area contributed by atoms with Crippen molar-refractivity contribution in [3.05, 3.63) is 61.8 Å². The number of nitro groups is 1. The van der Waals surface area contributed by atoms with Crippen LogP contribution in [0.25, 0.3) is 0 Å². The van der Waals surface area contributed by atoms with Crippen molar-refractivity contribution in [1.29, 1.82) is 0 Å². The van der Waals surface area contributed by atoms with Crippen LogP contribution in [0.4, 0.5) is 5.69 Å². The monoisotopic (exact) mass is 614 g/mol. The van der Waals surface area contributed by atoms with Gasteiger partial charge >= 0.3 is 16.2 Å². The number of sulfonamides is 1. The maximum absolute atomic E-state index is 14.2. The zero-order valence-corrected chi connectivity index (χ0v) is 26.7. The van der Waals surface area contributed by atoms with Crippen molar-refractivity contribution < 1.29 is 31.3 Å². The van der Waals surface area contributed by atoms with Crippen molar-refractivity contribution in [1.82, 2.24) is 12.9 Å². The zero-order chi connectivity index (χ0) is 31.3. The van der Waals surface area contributed by atoms with Gasteiger partial charge in [-0.1, -0.05) is 38.8 Å². The lowest BCUT2D eigenvalue weighted by atomic mass is 9.86. The first-order chi connectivity index (χ1) is 19.0. The van der Waals surface area contributed by atoms with E-state index in [1.807, 2.05) is 13.8 Å². The SMILES string of the molecule is CCCCN(C)S(=O)(=O)C1=C(C)N(S(=O)(=O)N(C)CCCC)C(C)=C(C(=O)OC(C)C)C1c1cccc([N+](=O)[O-])c1. The highest BCUT2D eigenvalue weighted by atomic mass is 32.2. The molecule has 1 aliphatic rings. The van der Waals surface area contributed by atoms with E-state index in [1.165, 1.54) is 52.2 Å². The first kappa shape index (κ1) is 34.4. The van der Waals surface area contributed by atoms with Crippen molar-refractivity contribution in [3.8, 4) is 0 Å². The van der Waals surface area contributed by atoms with Crippen LogP contribution in [-0.4, -0.2) is 73.9 Å². The molecule has 230 valence electrons. The Morgan fingerprint density at radius 3 is 2.10 bits per heavy atom. The lowest BCUT2D eigenvalue weighted by Gasteiger charge is -2.39. The summed E-state index contributed by atoms with van der Waals surface area (Å²) in [6.45, 7) is 10.2. The van der Waals surface area contributed by atoms with Crippen LogP contribution in [-0.2, 0) is 29.8 Å². The van der Waals surface area contributed by atoms with Crippen molar-refractivity contribution in [2.75, 3.05) is 27.2 Å². The van der Waals surface area contributed by atoms with Crippen molar-refractivity contribution in [3.63, 3.8) is 0 Å². The molecule has 0 radical (unpaired) electrons. The number of hydrogen-bond donors (Lipinski definition) is 0. The number of hydrogen-bond acceptors (Lipinski definition) is 8. The van der Waals surface area contributed by atoms with E-state index in [4.69, 9.17) is 4.74 Å². The van der Waals surface area contributed by atoms with E-state index in [9.17, 15) is 31.7 Å². The molecule has 0 fully saturated rings. The van der Waals surface area contributed by atoms with Crippen LogP contribution in [0.15, 0.2) is 46.1 Å². The van der Waals surface area contributed by atoms with Crippen LogP contribution >= 0.6 is 0 Å². The number of non-ortho nitro benzene ring substituents is 1. The molecule has 0 spiro atoms. The summed E-state index contributed by atoms with van der Waals surface area (Å²) in [4.78, 5) is 24.3. The number of carbonyl (C=O) groups is 1. The van der Waals surface area contributed by atoms with Gasteiger partial charge in [-0.25, -0.2) is 21.8 Å². The summed E-state index contributed by atoms with van der Waals surface area (Å²) in [5, 5.41) is 11.6. The van der Waals surface area contributed by atoms with E-state index < -0.39 is 43.1 Å². The Morgan fingerprint density at radius 2 is 1.59 bits per heavy atom. The van der Waals surface area contributed by atoms with Gasteiger partial charge in [-0.05, 0) is 46.1 Å². The Hall–Kier alpha value is -2.81. The van der Waals surface area contributed by atoms with Gasteiger partial charge in [0.2, 0.25) is 10.0 Å². The van der Waals surface area contributed by atoms with Gasteiger partial charge in [0.15, 0.2) is 0 Å². The summed E-state index contributed by atoms with van der Waals surface area (Å²) in [6, 6.07) is 5.34. The van der Waals surface area contributed by atoms with Crippen molar-refractivity contribution >= 4 is 31.9 Å². The standard InChI is InChI=1S/C27H42N4O8S2/c1-9-11-16-28(7)40(35,36)26-21(6)30(41(37,38)29(8)17-12-10-2)20(5)24(27(32)39-19(3)4)25(26)22-14-13-15-23(18-22)31(33)34/h13-15,18-19,25H,9-12,16-17H2,1-8H3. The van der Waals surface area contributed by atoms with Gasteiger partial charge in [0.25, 0.3) is 5.69 Å². The first-order valence-corrected chi connectivity index (χ1v) is 16.5. The predicted octanol–water partition coefficient (Wildman–Crippen LogP) is 4.49. The molecule has 2 rings (SSSR count). The predicted molar refractivity (Wildman–Crippen MR) is 157 cm³/mol. The quantitative estimate of drug-likeness (QED) is 0.169. The van der Waals surface area contributed by atoms with Gasteiger partial charge in [0, 0.05) is 50.7 Å². The summed E-state index contributed by atoms with van der Waals surface area (Å²) >= 11 is 0. The zero-order valence-electron chi connectivity index (χ0n) is 25.1. The lowest BCUT2D eigenvalue weighted by Crippen LogP contribution is -2.46. The van der Waals surface area contributed by atoms with Crippen molar-refractivity contribution in [2.45, 2.75) is 79.2 Å². The largest absolute Gasteiger partial charge is 0.460 e. The van der Waals surface area contributed by atoms with Gasteiger partial charge < -0.3 is 4.74 Å². The van der Waals surface area contributed by atoms with Gasteiger partial charge in [-0.3, -0.25) is 10.1 Å². The minimum atomic E-state index is -4.39. The van der Waals surface area contributed by atoms with E-state index in [2.05, 4.69) is 0 Å². The van der Waals surface area contributed by atoms with E-state index >= 15 is 0 Å². The lowest BCUT2D eigenvalue weighted by molar-refractivity contribution is -0.384. The van der Waals surface area contributed by atoms with Gasteiger partial charge in [-0.2, -0.15) is 12.7 Å². The third-order valence-electron chi connectivity index (χ3n) is 6.85. The Balaban J connectivity index is 3.05. The summed E-state index contributed by atoms with van der Waals surface area (Å²) < 4.78 is 65.0. The van der Waals surface area contributed by atoms with Crippen LogP contribution in [0.1, 0.15) is 78.7 Å². The molecule has 1 heterocycles. The van der Waals surface area contributed by atoms with E-state index in [1.54, 1.807) is 13.8 Å². The smallest absolute Gasteiger partial charge is 0.337 e. The molecular weight excluding hydrogens is 572 g/mol. The van der Waals surface area contributed by atoms with Crippen LogP contribution < -0.4 is 0 Å². The topological polar surface area (TPSA) is 147 Å². The normalized spacial score (nSPS) is 16.8. The average molecular weight is 615 g/mol. The van der Waals surface area contributed by atoms with Crippen LogP contribution in [0, 0.1) is 10.1 Å². The second kappa shape index (κ2) is 13.9. The molecule has 0 saturated heterocycles. The van der Waals surface area contributed by atoms with Gasteiger partial charge in [-0.15, -0.1) is 0 Å². The highest BCUT2D eigenvalue weighted by molar-refractivity contribution is 7.93. The van der Waals surface area contributed by atoms with E-state index in [0.717, 1.165) is 19.3 Å². The third kappa shape index (κ3) is 7.34. The molecule has 1 aromatic carbocycles. The van der Waals surface area contributed by atoms with E-state index in [-0.39, 0.29) is 46.2 Å². The van der Waals surface area contributed by atoms with Crippen LogP contribution in [0.3, 0.4) is 0 Å². The molecule has 14 heteroatoms. The fourth-order valence-corrected chi connectivity index (χ4v) is 7.98. The highest BCUT2D eigenvalue weighted by Crippen LogP contribution is 2.47. The molecule has 1 unspecified atom stereocenters. The fourth-order valence-electron chi connectivity index (χ4n) is 4.68. The number of rotatable bonds is 14. The van der Waals surface area contributed by atoms with Crippen LogP contribution in [0.5, 0.6) is 0 Å². The fraction of sp³-hybridized carbons (Fsp3) is 0.593. The number of carbonyl (C=O) groups excluding carboxylic acids is 1. The number of allylic oxidation sites excluding steroid dienone is 3. The Morgan fingerprint density at radius 1 is 1.02 bits per heavy atom. The number of nitro benzene ring substituents is 1. The number of esters is 1. The summed E-state index contributed by atoms with van der Waals surface area (Å²) in [5.41, 5.74) is -0.540. The van der Waals surface area contributed by atoms with E-state index in [0.29, 0.717) is 19.3 Å². The number of nitrogens with zero attached hydrogens (tertiary/aromatic N) is 4. The second-order valence-electron chi connectivity index (χ2n) is 10.3. The summed E-state index contributed by atoms with van der Waals surface area (Å²) in [7, 11) is -5.95. The first-order valence-electron chi connectivity index (χ1n) is 13.6. The Labute approximate surface area is 244 Å². The molecule has 41 heavy (non-hydrogen) atoms. The Kier molecular flexibility index (Phi) is 11.7. The summed E-state index contributed by atoms with van der Waals surface area (Å²) in [6.07, 6.45) is 1.94. The molecule has 12 nitrogen and oxygen atoms in total. The molecule has 1 atom stereocenters. The van der Waals surface area contributed by atoms with Crippen LogP contribution in [0.2, 0.25) is 0 Å². The molecular formula is C27H42N4O8S2. The second-order valence-corrected chi connectivity index (χ2v) is 14.2. The van der Waals surface area contributed by atoms with Gasteiger partial charge in [0.1, 0.15) is 0 Å². The van der Waals surface area contributed by atoms with Crippen molar-refractivity contribution in [2.24, 2.45) is 0 Å². The molecule has 0 saturated carbocycles. The van der Waals surface area contributed by atoms with Gasteiger partial charge in [0.05, 0.1) is 27.4 Å². The Bertz CT molecular complexity index is 1420. The molecule has 0 aromatic heterocycles. The average Bonchev–Trinajstić information content (AvgIpc) is 2.88. The third-order valence-corrected chi connectivity index (χ3v) is 10.9. The molecule has 0 N–H and O–H groups in total. The molecule has 0 amide bonds.